The summed E-state index contributed by atoms with van der Waals surface area (Å²) in [5, 5.41) is 8.80. The van der Waals surface area contributed by atoms with E-state index in [1.165, 1.54) is 12.1 Å². The normalized spacial score (nSPS) is 10.7. The van der Waals surface area contributed by atoms with Crippen LogP contribution in [0.4, 0.5) is 5.69 Å². The molecule has 96 valence electrons. The first-order valence-electron chi connectivity index (χ1n) is 5.61. The smallest absolute Gasteiger partial charge is 0.261 e. The van der Waals surface area contributed by atoms with Crippen LogP contribution in [0, 0.1) is 18.3 Å². The predicted molar refractivity (Wildman–Crippen MR) is 73.1 cm³/mol. The van der Waals surface area contributed by atoms with Crippen molar-refractivity contribution in [2.45, 2.75) is 11.8 Å². The average Bonchev–Trinajstić information content (AvgIpc) is 2.41. The standard InChI is InChI=1S/C14H12N2O2S/c1-11-5-2-3-8-14(11)16-19(17,18)13-7-4-6-12(9-13)10-15/h2-9,16H,1H3. The molecule has 4 nitrogen and oxygen atoms in total. The van der Waals surface area contributed by atoms with Crippen LogP contribution in [0.15, 0.2) is 53.4 Å². The molecule has 0 spiro atoms. The molecule has 2 rings (SSSR count). The van der Waals surface area contributed by atoms with Gasteiger partial charge < -0.3 is 0 Å². The van der Waals surface area contributed by atoms with Gasteiger partial charge in [0.05, 0.1) is 22.2 Å². The van der Waals surface area contributed by atoms with Crippen LogP contribution in [0.25, 0.3) is 0 Å². The van der Waals surface area contributed by atoms with Gasteiger partial charge in [-0.1, -0.05) is 24.3 Å². The van der Waals surface area contributed by atoms with Crippen molar-refractivity contribution in [3.8, 4) is 6.07 Å². The van der Waals surface area contributed by atoms with E-state index in [2.05, 4.69) is 4.72 Å². The fourth-order valence-electron chi connectivity index (χ4n) is 1.62. The highest BCUT2D eigenvalue weighted by molar-refractivity contribution is 7.92. The number of hydrogen-bond donors (Lipinski definition) is 1. The van der Waals surface area contributed by atoms with Gasteiger partial charge in [-0.3, -0.25) is 4.72 Å². The van der Waals surface area contributed by atoms with Gasteiger partial charge in [0.2, 0.25) is 0 Å². The minimum absolute atomic E-state index is 0.0785. The zero-order valence-electron chi connectivity index (χ0n) is 10.3. The van der Waals surface area contributed by atoms with Crippen LogP contribution in [0.2, 0.25) is 0 Å². The Hall–Kier alpha value is -2.32. The third kappa shape index (κ3) is 2.92. The first-order chi connectivity index (χ1) is 9.03. The molecule has 0 aliphatic rings. The highest BCUT2D eigenvalue weighted by Gasteiger charge is 2.15. The monoisotopic (exact) mass is 272 g/mol. The lowest BCUT2D eigenvalue weighted by Gasteiger charge is -2.10. The zero-order valence-corrected chi connectivity index (χ0v) is 11.1. The van der Waals surface area contributed by atoms with Gasteiger partial charge in [0.25, 0.3) is 10.0 Å². The van der Waals surface area contributed by atoms with E-state index in [4.69, 9.17) is 5.26 Å². The number of hydrogen-bond acceptors (Lipinski definition) is 3. The van der Waals surface area contributed by atoms with Crippen LogP contribution >= 0.6 is 0 Å². The molecule has 5 heteroatoms. The lowest BCUT2D eigenvalue weighted by atomic mass is 10.2. The van der Waals surface area contributed by atoms with Gasteiger partial charge in [-0.05, 0) is 36.8 Å². The van der Waals surface area contributed by atoms with E-state index < -0.39 is 10.0 Å². The van der Waals surface area contributed by atoms with Crippen LogP contribution in [0.1, 0.15) is 11.1 Å². The third-order valence-electron chi connectivity index (χ3n) is 2.66. The van der Waals surface area contributed by atoms with E-state index in [1.807, 2.05) is 25.1 Å². The van der Waals surface area contributed by atoms with Crippen molar-refractivity contribution in [1.29, 1.82) is 5.26 Å². The number of nitrogens with one attached hydrogen (secondary N) is 1. The quantitative estimate of drug-likeness (QED) is 0.933. The van der Waals surface area contributed by atoms with Crippen molar-refractivity contribution in [2.24, 2.45) is 0 Å². The second-order valence-electron chi connectivity index (χ2n) is 4.06. The van der Waals surface area contributed by atoms with Gasteiger partial charge in [-0.15, -0.1) is 0 Å². The lowest BCUT2D eigenvalue weighted by Crippen LogP contribution is -2.13. The van der Waals surface area contributed by atoms with Crippen molar-refractivity contribution < 1.29 is 8.42 Å². The Bertz CT molecular complexity index is 746. The Labute approximate surface area is 112 Å². The van der Waals surface area contributed by atoms with Gasteiger partial charge in [0, 0.05) is 0 Å². The maximum Gasteiger partial charge on any atom is 0.261 e. The summed E-state index contributed by atoms with van der Waals surface area (Å²) in [6.07, 6.45) is 0. The van der Waals surface area contributed by atoms with Crippen LogP contribution in [0.5, 0.6) is 0 Å². The molecule has 0 unspecified atom stereocenters. The average molecular weight is 272 g/mol. The fraction of sp³-hybridized carbons (Fsp3) is 0.0714. The second kappa shape index (κ2) is 5.12. The predicted octanol–water partition coefficient (Wildman–Crippen LogP) is 2.67. The van der Waals surface area contributed by atoms with Crippen molar-refractivity contribution in [1.82, 2.24) is 0 Å². The number of nitriles is 1. The van der Waals surface area contributed by atoms with Crippen LogP contribution in [-0.4, -0.2) is 8.42 Å². The molecule has 0 fully saturated rings. The Balaban J connectivity index is 2.39. The minimum atomic E-state index is -3.67. The fourth-order valence-corrected chi connectivity index (χ4v) is 2.80. The Morgan fingerprint density at radius 2 is 1.84 bits per heavy atom. The second-order valence-corrected chi connectivity index (χ2v) is 5.74. The topological polar surface area (TPSA) is 70.0 Å². The molecule has 0 saturated heterocycles. The SMILES string of the molecule is Cc1ccccc1NS(=O)(=O)c1cccc(C#N)c1. The Morgan fingerprint density at radius 1 is 1.11 bits per heavy atom. The van der Waals surface area contributed by atoms with Gasteiger partial charge in [0.15, 0.2) is 0 Å². The molecule has 2 aromatic carbocycles. The molecule has 0 amide bonds. The van der Waals surface area contributed by atoms with Crippen molar-refractivity contribution in [3.05, 3.63) is 59.7 Å². The number of anilines is 1. The maximum atomic E-state index is 12.2. The summed E-state index contributed by atoms with van der Waals surface area (Å²) >= 11 is 0. The molecular weight excluding hydrogens is 260 g/mol. The summed E-state index contributed by atoms with van der Waals surface area (Å²) in [7, 11) is -3.67. The molecule has 0 heterocycles. The summed E-state index contributed by atoms with van der Waals surface area (Å²) < 4.78 is 26.9. The van der Waals surface area contributed by atoms with Crippen molar-refractivity contribution in [3.63, 3.8) is 0 Å². The summed E-state index contributed by atoms with van der Waals surface area (Å²) in [6, 6.07) is 15.0. The van der Waals surface area contributed by atoms with E-state index in [1.54, 1.807) is 24.3 Å². The van der Waals surface area contributed by atoms with Crippen LogP contribution in [-0.2, 0) is 10.0 Å². The first kappa shape index (κ1) is 13.1. The van der Waals surface area contributed by atoms with E-state index >= 15 is 0 Å². The summed E-state index contributed by atoms with van der Waals surface area (Å²) in [5.41, 5.74) is 1.68. The summed E-state index contributed by atoms with van der Waals surface area (Å²) in [4.78, 5) is 0.0785. The number of nitrogens with zero attached hydrogens (tertiary/aromatic N) is 1. The molecule has 1 N–H and O–H groups in total. The Morgan fingerprint density at radius 3 is 2.53 bits per heavy atom. The van der Waals surface area contributed by atoms with Crippen molar-refractivity contribution >= 4 is 15.7 Å². The van der Waals surface area contributed by atoms with E-state index in [0.717, 1.165) is 5.56 Å². The minimum Gasteiger partial charge on any atom is -0.279 e. The highest BCUT2D eigenvalue weighted by Crippen LogP contribution is 2.19. The van der Waals surface area contributed by atoms with Gasteiger partial charge in [0.1, 0.15) is 0 Å². The number of rotatable bonds is 3. The maximum absolute atomic E-state index is 12.2. The zero-order chi connectivity index (χ0) is 13.9. The Kier molecular flexibility index (Phi) is 3.54. The molecule has 0 atom stereocenters. The lowest BCUT2D eigenvalue weighted by molar-refractivity contribution is 0.601. The molecule has 0 aliphatic heterocycles. The molecular formula is C14H12N2O2S. The van der Waals surface area contributed by atoms with Crippen LogP contribution in [0.3, 0.4) is 0 Å². The largest absolute Gasteiger partial charge is 0.279 e. The highest BCUT2D eigenvalue weighted by atomic mass is 32.2. The number of para-hydroxylation sites is 1. The van der Waals surface area contributed by atoms with Gasteiger partial charge in [-0.2, -0.15) is 5.26 Å². The van der Waals surface area contributed by atoms with Crippen molar-refractivity contribution in [2.75, 3.05) is 4.72 Å². The summed E-state index contributed by atoms with van der Waals surface area (Å²) in [5.74, 6) is 0. The third-order valence-corrected chi connectivity index (χ3v) is 4.03. The van der Waals surface area contributed by atoms with Gasteiger partial charge >= 0.3 is 0 Å². The molecule has 0 radical (unpaired) electrons. The van der Waals surface area contributed by atoms with E-state index in [9.17, 15) is 8.42 Å². The first-order valence-corrected chi connectivity index (χ1v) is 7.10. The number of aryl methyl sites for hydroxylation is 1. The van der Waals surface area contributed by atoms with E-state index in [0.29, 0.717) is 11.3 Å². The van der Waals surface area contributed by atoms with E-state index in [-0.39, 0.29) is 4.90 Å². The molecule has 0 aromatic heterocycles. The van der Waals surface area contributed by atoms with Gasteiger partial charge in [-0.25, -0.2) is 8.42 Å². The molecule has 0 bridgehead atoms. The summed E-state index contributed by atoms with van der Waals surface area (Å²) in [6.45, 7) is 1.82. The molecule has 2 aromatic rings. The molecule has 19 heavy (non-hydrogen) atoms. The number of sulfonamides is 1. The molecule has 0 saturated carbocycles. The number of benzene rings is 2. The van der Waals surface area contributed by atoms with Crippen LogP contribution < -0.4 is 4.72 Å². The molecule has 0 aliphatic carbocycles.